The number of ether oxygens (including phenoxy) is 1. The third kappa shape index (κ3) is 4.77. The van der Waals surface area contributed by atoms with Crippen molar-refractivity contribution in [3.8, 4) is 5.75 Å². The molecule has 2 rings (SSSR count). The van der Waals surface area contributed by atoms with Gasteiger partial charge in [-0.25, -0.2) is 0 Å². The second kappa shape index (κ2) is 7.67. The zero-order chi connectivity index (χ0) is 15.1. The number of carbonyl (C=O) groups is 2. The zero-order valence-corrected chi connectivity index (χ0v) is 12.3. The maximum atomic E-state index is 11.9. The molecule has 0 heterocycles. The number of hydrogen-bond donors (Lipinski definition) is 2. The lowest BCUT2D eigenvalue weighted by Crippen LogP contribution is -2.49. The number of benzene rings is 1. The van der Waals surface area contributed by atoms with Gasteiger partial charge in [-0.3, -0.25) is 20.4 Å². The molecule has 1 fully saturated rings. The van der Waals surface area contributed by atoms with E-state index in [0.29, 0.717) is 5.75 Å². The Morgan fingerprint density at radius 3 is 2.43 bits per heavy atom. The van der Waals surface area contributed by atoms with Crippen molar-refractivity contribution in [2.75, 3.05) is 0 Å². The minimum absolute atomic E-state index is 0.0180. The van der Waals surface area contributed by atoms with E-state index in [4.69, 9.17) is 4.74 Å². The van der Waals surface area contributed by atoms with Crippen LogP contribution in [0.2, 0.25) is 0 Å². The monoisotopic (exact) mass is 290 g/mol. The summed E-state index contributed by atoms with van der Waals surface area (Å²) in [5.41, 5.74) is 4.94. The average molecular weight is 290 g/mol. The number of hydrogen-bond acceptors (Lipinski definition) is 3. The molecule has 1 aliphatic carbocycles. The number of para-hydroxylation sites is 1. The van der Waals surface area contributed by atoms with Gasteiger partial charge >= 0.3 is 0 Å². The third-order valence-electron chi connectivity index (χ3n) is 3.71. The molecule has 1 saturated carbocycles. The Balaban J connectivity index is 1.74. The maximum absolute atomic E-state index is 11.9. The molecule has 0 spiro atoms. The molecule has 21 heavy (non-hydrogen) atoms. The summed E-state index contributed by atoms with van der Waals surface area (Å²) in [5.74, 6) is 0.182. The molecule has 0 aromatic heterocycles. The van der Waals surface area contributed by atoms with Crippen LogP contribution in [0.1, 0.15) is 39.0 Å². The van der Waals surface area contributed by atoms with Crippen molar-refractivity contribution in [2.45, 2.75) is 45.1 Å². The first-order valence-electron chi connectivity index (χ1n) is 7.48. The van der Waals surface area contributed by atoms with Crippen LogP contribution in [0, 0.1) is 5.92 Å². The van der Waals surface area contributed by atoms with Gasteiger partial charge in [0.25, 0.3) is 5.91 Å². The van der Waals surface area contributed by atoms with Gasteiger partial charge in [0.05, 0.1) is 0 Å². The fourth-order valence-corrected chi connectivity index (χ4v) is 2.45. The molecule has 114 valence electrons. The highest BCUT2D eigenvalue weighted by atomic mass is 16.5. The average Bonchev–Trinajstić information content (AvgIpc) is 2.54. The minimum Gasteiger partial charge on any atom is -0.481 e. The summed E-state index contributed by atoms with van der Waals surface area (Å²) in [7, 11) is 0. The van der Waals surface area contributed by atoms with Gasteiger partial charge in [0.1, 0.15) is 5.75 Å². The number of amides is 2. The van der Waals surface area contributed by atoms with Crippen LogP contribution in [0.3, 0.4) is 0 Å². The largest absolute Gasteiger partial charge is 0.481 e. The van der Waals surface area contributed by atoms with Gasteiger partial charge < -0.3 is 4.74 Å². The van der Waals surface area contributed by atoms with Crippen molar-refractivity contribution >= 4 is 11.8 Å². The molecule has 0 aliphatic heterocycles. The summed E-state index contributed by atoms with van der Waals surface area (Å²) in [4.78, 5) is 23.8. The van der Waals surface area contributed by atoms with E-state index in [1.165, 1.54) is 6.42 Å². The highest BCUT2D eigenvalue weighted by Gasteiger charge is 2.22. The smallest absolute Gasteiger partial charge is 0.279 e. The lowest BCUT2D eigenvalue weighted by atomic mass is 9.89. The van der Waals surface area contributed by atoms with Gasteiger partial charge in [0.15, 0.2) is 6.10 Å². The van der Waals surface area contributed by atoms with Crippen LogP contribution in [0.25, 0.3) is 0 Å². The standard InChI is InChI=1S/C16H22N2O3/c1-12(21-14-10-6-3-7-11-14)15(19)17-18-16(20)13-8-4-2-5-9-13/h3,6-7,10-13H,2,4-5,8-9H2,1H3,(H,17,19)(H,18,20). The Labute approximate surface area is 125 Å². The second-order valence-electron chi connectivity index (χ2n) is 5.39. The zero-order valence-electron chi connectivity index (χ0n) is 12.3. The van der Waals surface area contributed by atoms with E-state index in [-0.39, 0.29) is 17.7 Å². The van der Waals surface area contributed by atoms with E-state index in [0.717, 1.165) is 25.7 Å². The van der Waals surface area contributed by atoms with Gasteiger partial charge in [-0.2, -0.15) is 0 Å². The summed E-state index contributed by atoms with van der Waals surface area (Å²) in [6.45, 7) is 1.65. The van der Waals surface area contributed by atoms with Crippen LogP contribution >= 0.6 is 0 Å². The SMILES string of the molecule is CC(Oc1ccccc1)C(=O)NNC(=O)C1CCCCC1. The minimum atomic E-state index is -0.668. The lowest BCUT2D eigenvalue weighted by Gasteiger charge is -2.21. The van der Waals surface area contributed by atoms with Gasteiger partial charge in [-0.1, -0.05) is 37.5 Å². The molecule has 2 N–H and O–H groups in total. The van der Waals surface area contributed by atoms with Crippen molar-refractivity contribution in [3.63, 3.8) is 0 Å². The lowest BCUT2D eigenvalue weighted by molar-refractivity contribution is -0.134. The number of carbonyl (C=O) groups excluding carboxylic acids is 2. The fraction of sp³-hybridized carbons (Fsp3) is 0.500. The maximum Gasteiger partial charge on any atom is 0.279 e. The van der Waals surface area contributed by atoms with E-state index in [9.17, 15) is 9.59 Å². The molecule has 0 saturated heterocycles. The summed E-state index contributed by atoms with van der Waals surface area (Å²) in [6.07, 6.45) is 4.49. The Morgan fingerprint density at radius 2 is 1.76 bits per heavy atom. The van der Waals surface area contributed by atoms with Crippen LogP contribution in [-0.4, -0.2) is 17.9 Å². The second-order valence-corrected chi connectivity index (χ2v) is 5.39. The van der Waals surface area contributed by atoms with Gasteiger partial charge in [-0.15, -0.1) is 0 Å². The summed E-state index contributed by atoms with van der Waals surface area (Å²) in [6, 6.07) is 9.12. The molecule has 0 radical (unpaired) electrons. The molecule has 1 aromatic carbocycles. The van der Waals surface area contributed by atoms with Crippen molar-refractivity contribution in [3.05, 3.63) is 30.3 Å². The predicted molar refractivity (Wildman–Crippen MR) is 79.4 cm³/mol. The van der Waals surface area contributed by atoms with E-state index < -0.39 is 6.10 Å². The van der Waals surface area contributed by atoms with Crippen molar-refractivity contribution in [1.29, 1.82) is 0 Å². The molecular formula is C16H22N2O3. The summed E-state index contributed by atoms with van der Waals surface area (Å²) in [5, 5.41) is 0. The van der Waals surface area contributed by atoms with Gasteiger partial charge in [0, 0.05) is 5.92 Å². The molecule has 1 aromatic rings. The molecule has 0 bridgehead atoms. The normalized spacial score (nSPS) is 16.8. The first kappa shape index (κ1) is 15.4. The first-order valence-corrected chi connectivity index (χ1v) is 7.48. The number of rotatable bonds is 4. The van der Waals surface area contributed by atoms with Crippen LogP contribution in [0.4, 0.5) is 0 Å². The molecule has 1 unspecified atom stereocenters. The Morgan fingerprint density at radius 1 is 1.10 bits per heavy atom. The molecule has 5 heteroatoms. The van der Waals surface area contributed by atoms with Crippen LogP contribution < -0.4 is 15.6 Å². The van der Waals surface area contributed by atoms with E-state index in [2.05, 4.69) is 10.9 Å². The topological polar surface area (TPSA) is 67.4 Å². The molecular weight excluding hydrogens is 268 g/mol. The van der Waals surface area contributed by atoms with Crippen LogP contribution in [0.15, 0.2) is 30.3 Å². The van der Waals surface area contributed by atoms with E-state index in [1.54, 1.807) is 19.1 Å². The van der Waals surface area contributed by atoms with E-state index in [1.807, 2.05) is 18.2 Å². The number of nitrogens with one attached hydrogen (secondary N) is 2. The molecule has 2 amide bonds. The van der Waals surface area contributed by atoms with Crippen molar-refractivity contribution < 1.29 is 14.3 Å². The highest BCUT2D eigenvalue weighted by Crippen LogP contribution is 2.23. The highest BCUT2D eigenvalue weighted by molar-refractivity contribution is 5.85. The van der Waals surface area contributed by atoms with Crippen molar-refractivity contribution in [1.82, 2.24) is 10.9 Å². The van der Waals surface area contributed by atoms with Crippen LogP contribution in [0.5, 0.6) is 5.75 Å². The fourth-order valence-electron chi connectivity index (χ4n) is 2.45. The Bertz CT molecular complexity index is 470. The summed E-state index contributed by atoms with van der Waals surface area (Å²) < 4.78 is 5.49. The molecule has 1 aliphatic rings. The first-order chi connectivity index (χ1) is 10.2. The molecule has 1 atom stereocenters. The predicted octanol–water partition coefficient (Wildman–Crippen LogP) is 2.18. The van der Waals surface area contributed by atoms with E-state index >= 15 is 0 Å². The quantitative estimate of drug-likeness (QED) is 0.835. The van der Waals surface area contributed by atoms with Crippen molar-refractivity contribution in [2.24, 2.45) is 5.92 Å². The number of hydrazine groups is 1. The van der Waals surface area contributed by atoms with Gasteiger partial charge in [0.2, 0.25) is 5.91 Å². The Kier molecular flexibility index (Phi) is 5.60. The summed E-state index contributed by atoms with van der Waals surface area (Å²) >= 11 is 0. The Hall–Kier alpha value is -2.04. The van der Waals surface area contributed by atoms with Crippen LogP contribution in [-0.2, 0) is 9.59 Å². The third-order valence-corrected chi connectivity index (χ3v) is 3.71. The molecule has 5 nitrogen and oxygen atoms in total. The van der Waals surface area contributed by atoms with Gasteiger partial charge in [-0.05, 0) is 31.9 Å².